The Bertz CT molecular complexity index is 1310. The molecule has 0 bridgehead atoms. The highest BCUT2D eigenvalue weighted by Crippen LogP contribution is 2.56. The van der Waals surface area contributed by atoms with Gasteiger partial charge < -0.3 is 20.0 Å². The Hall–Kier alpha value is -2.07. The third-order valence-electron chi connectivity index (χ3n) is 8.03. The maximum absolute atomic E-state index is 14.1. The Morgan fingerprint density at radius 1 is 1.12 bits per heavy atom. The fourth-order valence-electron chi connectivity index (χ4n) is 6.01. The number of aliphatic imine (C=N–C) groups is 1. The van der Waals surface area contributed by atoms with E-state index in [1.165, 1.54) is 11.8 Å². The second kappa shape index (κ2) is 11.7. The molecule has 3 aliphatic rings. The van der Waals surface area contributed by atoms with E-state index in [0.29, 0.717) is 36.2 Å². The number of allylic oxidation sites excluding steroid dienone is 1. The molecule has 3 atom stereocenters. The summed E-state index contributed by atoms with van der Waals surface area (Å²) in [7, 11) is 0. The summed E-state index contributed by atoms with van der Waals surface area (Å²) < 4.78 is 0. The minimum atomic E-state index is -0.766. The van der Waals surface area contributed by atoms with Gasteiger partial charge in [0.1, 0.15) is 10.4 Å². The quantitative estimate of drug-likeness (QED) is 0.414. The molecule has 10 heteroatoms. The van der Waals surface area contributed by atoms with Crippen LogP contribution < -0.4 is 0 Å². The summed E-state index contributed by atoms with van der Waals surface area (Å²) in [6.07, 6.45) is -0.766. The van der Waals surface area contributed by atoms with E-state index >= 15 is 0 Å². The van der Waals surface area contributed by atoms with Gasteiger partial charge in [-0.05, 0) is 66.9 Å². The third-order valence-corrected chi connectivity index (χ3v) is 9.59. The molecule has 214 valence electrons. The van der Waals surface area contributed by atoms with E-state index in [1.807, 2.05) is 60.4 Å². The van der Waals surface area contributed by atoms with Gasteiger partial charge in [0.05, 0.1) is 24.8 Å². The van der Waals surface area contributed by atoms with Crippen LogP contribution in [0.4, 0.5) is 0 Å². The number of amidine groups is 1. The number of aliphatic hydroxyl groups is 2. The first-order valence-electron chi connectivity index (χ1n) is 13.7. The maximum Gasteiger partial charge on any atom is 0.262 e. The monoisotopic (exact) mass is 602 g/mol. The molecular weight excluding hydrogens is 567 g/mol. The lowest BCUT2D eigenvalue weighted by atomic mass is 9.81. The first-order chi connectivity index (χ1) is 19.1. The summed E-state index contributed by atoms with van der Waals surface area (Å²) in [6, 6.07) is 15.6. The second-order valence-corrected chi connectivity index (χ2v) is 13.0. The number of rotatable bonds is 9. The standard InChI is InChI=1S/C30H36Cl2N4O3S/c1-5-35(23-14-34(15-23)16-24(38)17-37)28(39)26-25(18(2)3)36-27(19-6-10-21(31)11-7-19)30(4,33-29(36)40-26)20-8-12-22(32)13-9-20/h6-13,18,23-24,27,37-38H,5,14-17H2,1-4H3/t24-,27+,30-/m0/s1. The number of likely N-dealkylation sites (tertiary alicyclic amines) is 1. The van der Waals surface area contributed by atoms with E-state index in [2.05, 4.69) is 30.6 Å². The molecule has 0 spiro atoms. The number of carbonyl (C=O) groups excluding carboxylic acids is 1. The Labute approximate surface area is 250 Å². The van der Waals surface area contributed by atoms with Gasteiger partial charge in [-0.3, -0.25) is 9.69 Å². The zero-order chi connectivity index (χ0) is 28.8. The van der Waals surface area contributed by atoms with Crippen molar-refractivity contribution in [3.63, 3.8) is 0 Å². The highest BCUT2D eigenvalue weighted by atomic mass is 35.5. The number of amides is 1. The average Bonchev–Trinajstić information content (AvgIpc) is 3.40. The van der Waals surface area contributed by atoms with Gasteiger partial charge in [-0.25, -0.2) is 4.99 Å². The van der Waals surface area contributed by atoms with Crippen LogP contribution in [0.1, 0.15) is 44.9 Å². The lowest BCUT2D eigenvalue weighted by Crippen LogP contribution is -2.62. The first-order valence-corrected chi connectivity index (χ1v) is 15.3. The number of halogens is 2. The molecular formula is C30H36Cl2N4O3S. The van der Waals surface area contributed by atoms with Crippen LogP contribution in [0, 0.1) is 5.92 Å². The molecule has 2 N–H and O–H groups in total. The number of hydrogen-bond donors (Lipinski definition) is 2. The Morgan fingerprint density at radius 3 is 2.27 bits per heavy atom. The predicted octanol–water partition coefficient (Wildman–Crippen LogP) is 5.12. The molecule has 2 aromatic carbocycles. The van der Waals surface area contributed by atoms with E-state index in [1.54, 1.807) is 0 Å². The van der Waals surface area contributed by atoms with Gasteiger partial charge in [0.15, 0.2) is 5.17 Å². The second-order valence-electron chi connectivity index (χ2n) is 11.1. The van der Waals surface area contributed by atoms with Gasteiger partial charge >= 0.3 is 0 Å². The summed E-state index contributed by atoms with van der Waals surface area (Å²) in [5, 5.41) is 21.1. The number of hydrogen-bond acceptors (Lipinski definition) is 7. The van der Waals surface area contributed by atoms with Crippen LogP contribution in [0.15, 0.2) is 64.1 Å². The lowest BCUT2D eigenvalue weighted by molar-refractivity contribution is -0.132. The van der Waals surface area contributed by atoms with Crippen molar-refractivity contribution in [1.29, 1.82) is 0 Å². The van der Waals surface area contributed by atoms with Crippen molar-refractivity contribution < 1.29 is 15.0 Å². The molecule has 1 amide bonds. The van der Waals surface area contributed by atoms with Crippen molar-refractivity contribution in [2.24, 2.45) is 10.9 Å². The number of nitrogens with zero attached hydrogens (tertiary/aromatic N) is 4. The van der Waals surface area contributed by atoms with Crippen LogP contribution in [0.3, 0.4) is 0 Å². The molecule has 3 heterocycles. The number of benzene rings is 2. The molecule has 0 aromatic heterocycles. The highest BCUT2D eigenvalue weighted by Gasteiger charge is 2.53. The zero-order valence-electron chi connectivity index (χ0n) is 23.2. The number of carbonyl (C=O) groups is 1. The largest absolute Gasteiger partial charge is 0.394 e. The molecule has 1 fully saturated rings. The van der Waals surface area contributed by atoms with Crippen LogP contribution in [0.5, 0.6) is 0 Å². The summed E-state index contributed by atoms with van der Waals surface area (Å²) in [5.74, 6) is 0.0986. The van der Waals surface area contributed by atoms with Crippen LogP contribution in [0.2, 0.25) is 10.0 Å². The van der Waals surface area contributed by atoms with Crippen molar-refractivity contribution in [3.8, 4) is 0 Å². The maximum atomic E-state index is 14.1. The van der Waals surface area contributed by atoms with E-state index in [4.69, 9.17) is 28.2 Å². The number of thioether (sulfide) groups is 1. The molecule has 0 aliphatic carbocycles. The third kappa shape index (κ3) is 5.30. The topological polar surface area (TPSA) is 79.6 Å². The molecule has 1 saturated heterocycles. The molecule has 0 saturated carbocycles. The minimum Gasteiger partial charge on any atom is -0.394 e. The Morgan fingerprint density at radius 2 is 1.73 bits per heavy atom. The van der Waals surface area contributed by atoms with Gasteiger partial charge in [0, 0.05) is 41.9 Å². The lowest BCUT2D eigenvalue weighted by Gasteiger charge is -2.45. The molecule has 0 radical (unpaired) electrons. The first kappa shape index (κ1) is 29.4. The number of aliphatic hydroxyl groups excluding tert-OH is 2. The van der Waals surface area contributed by atoms with E-state index < -0.39 is 11.6 Å². The Balaban J connectivity index is 1.51. The van der Waals surface area contributed by atoms with Crippen molar-refractivity contribution in [2.75, 3.05) is 32.8 Å². The number of β-amino-alcohol motifs (C(OH)–C–C–N with tert-alkyl or cyclic N) is 1. The van der Waals surface area contributed by atoms with Crippen molar-refractivity contribution in [1.82, 2.24) is 14.7 Å². The Kier molecular flexibility index (Phi) is 8.58. The van der Waals surface area contributed by atoms with Crippen molar-refractivity contribution in [2.45, 2.75) is 51.4 Å². The van der Waals surface area contributed by atoms with E-state index in [0.717, 1.165) is 26.9 Å². The summed E-state index contributed by atoms with van der Waals surface area (Å²) in [6.45, 7) is 10.5. The van der Waals surface area contributed by atoms with Crippen molar-refractivity contribution >= 4 is 46.0 Å². The molecule has 0 unspecified atom stereocenters. The van der Waals surface area contributed by atoms with Crippen LogP contribution >= 0.6 is 35.0 Å². The van der Waals surface area contributed by atoms with Gasteiger partial charge in [0.2, 0.25) is 0 Å². The van der Waals surface area contributed by atoms with Crippen LogP contribution in [-0.4, -0.2) is 80.9 Å². The SMILES string of the molecule is CCN(C(=O)C1=C(C(C)C)N2C(=N[C@@](C)(c3ccc(Cl)cc3)[C@H]2c2ccc(Cl)cc2)S1)C1CN(C[C@H](O)CO)C1. The molecule has 5 rings (SSSR count). The fraction of sp³-hybridized carbons (Fsp3) is 0.467. The predicted molar refractivity (Wildman–Crippen MR) is 162 cm³/mol. The number of likely N-dealkylation sites (N-methyl/N-ethyl adjacent to an activating group) is 1. The van der Waals surface area contributed by atoms with Crippen molar-refractivity contribution in [3.05, 3.63) is 80.3 Å². The fourth-order valence-corrected chi connectivity index (χ4v) is 7.62. The molecule has 3 aliphatic heterocycles. The van der Waals surface area contributed by atoms with Crippen LogP contribution in [0.25, 0.3) is 0 Å². The van der Waals surface area contributed by atoms with E-state index in [-0.39, 0.29) is 30.5 Å². The van der Waals surface area contributed by atoms with Gasteiger partial charge in [0.25, 0.3) is 5.91 Å². The van der Waals surface area contributed by atoms with Gasteiger partial charge in [-0.15, -0.1) is 0 Å². The smallest absolute Gasteiger partial charge is 0.262 e. The van der Waals surface area contributed by atoms with E-state index in [9.17, 15) is 15.0 Å². The number of fused-ring (bicyclic) bond motifs is 1. The van der Waals surface area contributed by atoms with Crippen LogP contribution in [-0.2, 0) is 10.3 Å². The summed E-state index contributed by atoms with van der Waals surface area (Å²) >= 11 is 14.0. The van der Waals surface area contributed by atoms with Gasteiger partial charge in [-0.1, -0.05) is 61.3 Å². The average molecular weight is 604 g/mol. The van der Waals surface area contributed by atoms with Gasteiger partial charge in [-0.2, -0.15) is 0 Å². The summed E-state index contributed by atoms with van der Waals surface area (Å²) in [4.78, 5) is 26.4. The normalized spacial score (nSPS) is 23.9. The summed E-state index contributed by atoms with van der Waals surface area (Å²) in [5.41, 5.74) is 2.49. The zero-order valence-corrected chi connectivity index (χ0v) is 25.5. The highest BCUT2D eigenvalue weighted by molar-refractivity contribution is 8.18. The molecule has 40 heavy (non-hydrogen) atoms. The molecule has 2 aromatic rings. The minimum absolute atomic E-state index is 0.0173. The molecule has 7 nitrogen and oxygen atoms in total.